The van der Waals surface area contributed by atoms with Gasteiger partial charge in [0.05, 0.1) is 17.4 Å². The summed E-state index contributed by atoms with van der Waals surface area (Å²) in [6, 6.07) is 5.02. The first kappa shape index (κ1) is 20.5. The molecule has 3 fully saturated rings. The lowest BCUT2D eigenvalue weighted by atomic mass is 9.73. The van der Waals surface area contributed by atoms with Gasteiger partial charge >= 0.3 is 0 Å². The Labute approximate surface area is 191 Å². The Morgan fingerprint density at radius 3 is 2.64 bits per heavy atom. The standard InChI is InChI=1S/C23H27N7O3/c31-20-5-4-18(21(32)25-20)29-13-15-12-16(2-3-17(15)22(29)33)30-14-19(26-27-30)23(6-1-7-23)28-10-8-24-9-11-28/h2-3,12,14,18,24H,1,4-11,13H2,(H,25,31,32). The normalized spacial score (nSPS) is 25.0. The van der Waals surface area contributed by atoms with Gasteiger partial charge in [-0.05, 0) is 49.4 Å². The molecule has 0 radical (unpaired) electrons. The molecule has 2 aromatic rings. The van der Waals surface area contributed by atoms with Crippen LogP contribution in [0.15, 0.2) is 24.4 Å². The van der Waals surface area contributed by atoms with E-state index in [9.17, 15) is 14.4 Å². The van der Waals surface area contributed by atoms with Crippen molar-refractivity contribution in [2.24, 2.45) is 0 Å². The van der Waals surface area contributed by atoms with Crippen molar-refractivity contribution in [2.75, 3.05) is 26.2 Å². The summed E-state index contributed by atoms with van der Waals surface area (Å²) in [6.07, 6.45) is 6.04. The number of imide groups is 1. The molecule has 3 aliphatic heterocycles. The maximum absolute atomic E-state index is 12.9. The third-order valence-corrected chi connectivity index (χ3v) is 7.64. The Hall–Kier alpha value is -3.11. The minimum absolute atomic E-state index is 0.0182. The molecule has 0 spiro atoms. The van der Waals surface area contributed by atoms with Gasteiger partial charge in [-0.15, -0.1) is 5.10 Å². The highest BCUT2D eigenvalue weighted by Crippen LogP contribution is 2.45. The summed E-state index contributed by atoms with van der Waals surface area (Å²) < 4.78 is 1.79. The molecule has 3 amide bonds. The molecule has 2 saturated heterocycles. The van der Waals surface area contributed by atoms with Gasteiger partial charge in [0.2, 0.25) is 11.8 Å². The van der Waals surface area contributed by atoms with Crippen molar-refractivity contribution >= 4 is 17.7 Å². The fourth-order valence-electron chi connectivity index (χ4n) is 5.65. The van der Waals surface area contributed by atoms with Gasteiger partial charge in [0.25, 0.3) is 5.91 Å². The Bertz CT molecular complexity index is 1130. The van der Waals surface area contributed by atoms with Crippen LogP contribution in [0.5, 0.6) is 0 Å². The molecule has 172 valence electrons. The monoisotopic (exact) mass is 449 g/mol. The second-order valence-electron chi connectivity index (χ2n) is 9.41. The first-order valence-corrected chi connectivity index (χ1v) is 11.7. The molecular formula is C23H27N7O3. The molecule has 4 heterocycles. The molecule has 1 aromatic heterocycles. The van der Waals surface area contributed by atoms with E-state index in [1.54, 1.807) is 15.6 Å². The minimum Gasteiger partial charge on any atom is -0.322 e. The molecule has 10 heteroatoms. The molecule has 1 aromatic carbocycles. The highest BCUT2D eigenvalue weighted by Gasteiger charge is 2.46. The number of fused-ring (bicyclic) bond motifs is 1. The summed E-state index contributed by atoms with van der Waals surface area (Å²) in [7, 11) is 0. The molecule has 0 bridgehead atoms. The third-order valence-electron chi connectivity index (χ3n) is 7.64. The number of carbonyl (C=O) groups excluding carboxylic acids is 3. The average molecular weight is 450 g/mol. The number of carbonyl (C=O) groups is 3. The number of amides is 3. The van der Waals surface area contributed by atoms with E-state index in [4.69, 9.17) is 0 Å². The lowest BCUT2D eigenvalue weighted by molar-refractivity contribution is -0.136. The Morgan fingerprint density at radius 1 is 1.09 bits per heavy atom. The molecular weight excluding hydrogens is 422 g/mol. The predicted octanol–water partition coefficient (Wildman–Crippen LogP) is 0.313. The predicted molar refractivity (Wildman–Crippen MR) is 117 cm³/mol. The van der Waals surface area contributed by atoms with Crippen LogP contribution in [-0.4, -0.2) is 74.7 Å². The van der Waals surface area contributed by atoms with Crippen LogP contribution in [0.1, 0.15) is 53.7 Å². The SMILES string of the molecule is O=C1CCC(N2Cc3cc(-n4cc(C5(N6CCNCC6)CCC5)nn4)ccc3C2=O)C(=O)N1. The van der Waals surface area contributed by atoms with Crippen LogP contribution < -0.4 is 10.6 Å². The van der Waals surface area contributed by atoms with Crippen LogP contribution in [0.2, 0.25) is 0 Å². The first-order chi connectivity index (χ1) is 16.0. The van der Waals surface area contributed by atoms with E-state index in [0.29, 0.717) is 18.5 Å². The van der Waals surface area contributed by atoms with Crippen molar-refractivity contribution in [2.45, 2.75) is 50.2 Å². The average Bonchev–Trinajstić information content (AvgIpc) is 3.39. The Kier molecular flexibility index (Phi) is 4.81. The minimum atomic E-state index is -0.610. The highest BCUT2D eigenvalue weighted by molar-refractivity contribution is 6.05. The van der Waals surface area contributed by atoms with E-state index in [2.05, 4.69) is 25.8 Å². The van der Waals surface area contributed by atoms with Crippen LogP contribution in [0.3, 0.4) is 0 Å². The fourth-order valence-corrected chi connectivity index (χ4v) is 5.65. The van der Waals surface area contributed by atoms with Crippen molar-refractivity contribution in [3.63, 3.8) is 0 Å². The molecule has 1 unspecified atom stereocenters. The lowest BCUT2D eigenvalue weighted by Crippen LogP contribution is -2.57. The molecule has 10 nitrogen and oxygen atoms in total. The quantitative estimate of drug-likeness (QED) is 0.646. The number of nitrogens with zero attached hydrogens (tertiary/aromatic N) is 5. The van der Waals surface area contributed by atoms with Crippen LogP contribution in [-0.2, 0) is 21.7 Å². The number of hydrogen-bond acceptors (Lipinski definition) is 7. The summed E-state index contributed by atoms with van der Waals surface area (Å²) >= 11 is 0. The Balaban J connectivity index is 1.24. The smallest absolute Gasteiger partial charge is 0.255 e. The zero-order valence-corrected chi connectivity index (χ0v) is 18.4. The molecule has 2 N–H and O–H groups in total. The number of aromatic nitrogens is 3. The van der Waals surface area contributed by atoms with E-state index >= 15 is 0 Å². The van der Waals surface area contributed by atoms with Gasteiger partial charge < -0.3 is 10.2 Å². The van der Waals surface area contributed by atoms with Crippen LogP contribution in [0.25, 0.3) is 5.69 Å². The van der Waals surface area contributed by atoms with E-state index in [-0.39, 0.29) is 23.8 Å². The summed E-state index contributed by atoms with van der Waals surface area (Å²) in [5.41, 5.74) is 3.30. The third kappa shape index (κ3) is 3.27. The largest absolute Gasteiger partial charge is 0.322 e. The maximum atomic E-state index is 12.9. The van der Waals surface area contributed by atoms with Crippen LogP contribution in [0, 0.1) is 0 Å². The number of piperazine rings is 1. The first-order valence-electron chi connectivity index (χ1n) is 11.7. The second kappa shape index (κ2) is 7.74. The topological polar surface area (TPSA) is 112 Å². The van der Waals surface area contributed by atoms with Crippen molar-refractivity contribution in [1.29, 1.82) is 0 Å². The number of hydrogen-bond donors (Lipinski definition) is 2. The van der Waals surface area contributed by atoms with E-state index in [1.165, 1.54) is 6.42 Å². The zero-order chi connectivity index (χ0) is 22.6. The van der Waals surface area contributed by atoms with Crippen molar-refractivity contribution in [3.8, 4) is 5.69 Å². The zero-order valence-electron chi connectivity index (χ0n) is 18.4. The Morgan fingerprint density at radius 2 is 1.91 bits per heavy atom. The van der Waals surface area contributed by atoms with Gasteiger partial charge in [0.1, 0.15) is 11.7 Å². The number of benzene rings is 1. The van der Waals surface area contributed by atoms with Gasteiger partial charge in [-0.3, -0.25) is 24.6 Å². The molecule has 4 aliphatic rings. The molecule has 33 heavy (non-hydrogen) atoms. The summed E-state index contributed by atoms with van der Waals surface area (Å²) in [5.74, 6) is -0.848. The van der Waals surface area contributed by atoms with Crippen LogP contribution >= 0.6 is 0 Å². The summed E-state index contributed by atoms with van der Waals surface area (Å²) in [6.45, 7) is 4.38. The van der Waals surface area contributed by atoms with Gasteiger partial charge in [0, 0.05) is 44.7 Å². The molecule has 6 rings (SSSR count). The van der Waals surface area contributed by atoms with E-state index < -0.39 is 11.9 Å². The highest BCUT2D eigenvalue weighted by atomic mass is 16.2. The van der Waals surface area contributed by atoms with E-state index in [1.807, 2.05) is 18.3 Å². The van der Waals surface area contributed by atoms with Crippen molar-refractivity contribution in [1.82, 2.24) is 35.4 Å². The maximum Gasteiger partial charge on any atom is 0.255 e. The van der Waals surface area contributed by atoms with Crippen molar-refractivity contribution in [3.05, 3.63) is 41.2 Å². The number of rotatable bonds is 4. The van der Waals surface area contributed by atoms with E-state index in [0.717, 1.165) is 56.0 Å². The summed E-state index contributed by atoms with van der Waals surface area (Å²) in [5, 5.41) is 14.8. The summed E-state index contributed by atoms with van der Waals surface area (Å²) in [4.78, 5) is 40.8. The molecule has 1 saturated carbocycles. The molecule has 1 aliphatic carbocycles. The van der Waals surface area contributed by atoms with Crippen molar-refractivity contribution < 1.29 is 14.4 Å². The van der Waals surface area contributed by atoms with Gasteiger partial charge in [-0.2, -0.15) is 0 Å². The van der Waals surface area contributed by atoms with Gasteiger partial charge in [-0.25, -0.2) is 4.68 Å². The number of nitrogens with one attached hydrogen (secondary N) is 2. The van der Waals surface area contributed by atoms with Gasteiger partial charge in [-0.1, -0.05) is 5.21 Å². The fraction of sp³-hybridized carbons (Fsp3) is 0.522. The van der Waals surface area contributed by atoms with Crippen LogP contribution in [0.4, 0.5) is 0 Å². The molecule has 1 atom stereocenters. The second-order valence-corrected chi connectivity index (χ2v) is 9.41. The van der Waals surface area contributed by atoms with Gasteiger partial charge in [0.15, 0.2) is 0 Å². The number of piperidine rings is 1. The lowest BCUT2D eigenvalue weighted by Gasteiger charge is -2.50.